The van der Waals surface area contributed by atoms with E-state index in [1.807, 2.05) is 30.3 Å². The van der Waals surface area contributed by atoms with Crippen molar-refractivity contribution in [3.05, 3.63) is 35.9 Å². The predicted octanol–water partition coefficient (Wildman–Crippen LogP) is 2.00. The fourth-order valence-electron chi connectivity index (χ4n) is 1.55. The first kappa shape index (κ1) is 12.7. The number of aliphatic hydroxyl groups is 1. The highest BCUT2D eigenvalue weighted by molar-refractivity contribution is 5.19. The van der Waals surface area contributed by atoms with Gasteiger partial charge in [-0.25, -0.2) is 0 Å². The van der Waals surface area contributed by atoms with Gasteiger partial charge in [-0.1, -0.05) is 30.3 Å². The topological polar surface area (TPSA) is 56.0 Å². The predicted molar refractivity (Wildman–Crippen MR) is 63.7 cm³/mol. The Morgan fingerprint density at radius 1 is 1.38 bits per heavy atom. The number of nitrogens with zero attached hydrogens (tertiary/aromatic N) is 1. The van der Waals surface area contributed by atoms with E-state index in [2.05, 4.69) is 11.4 Å². The third kappa shape index (κ3) is 4.43. The standard InChI is InChI=1S/C13H18N2O/c1-11(16)8-10-15-13(7-9-14)12-5-3-2-4-6-12/h2-6,11,13,15-16H,7-8,10H2,1H3. The van der Waals surface area contributed by atoms with Crippen molar-refractivity contribution >= 4 is 0 Å². The molecule has 0 aliphatic carbocycles. The number of nitrogens with one attached hydrogen (secondary N) is 1. The van der Waals surface area contributed by atoms with Crippen LogP contribution < -0.4 is 5.32 Å². The van der Waals surface area contributed by atoms with Crippen LogP contribution in [0.1, 0.15) is 31.4 Å². The van der Waals surface area contributed by atoms with Crippen LogP contribution in [0.3, 0.4) is 0 Å². The van der Waals surface area contributed by atoms with Crippen LogP contribution in [-0.2, 0) is 0 Å². The second-order valence-electron chi connectivity index (χ2n) is 3.92. The number of hydrogen-bond donors (Lipinski definition) is 2. The zero-order valence-corrected chi connectivity index (χ0v) is 9.56. The fraction of sp³-hybridized carbons (Fsp3) is 0.462. The minimum Gasteiger partial charge on any atom is -0.393 e. The van der Waals surface area contributed by atoms with Crippen LogP contribution in [0.4, 0.5) is 0 Å². The summed E-state index contributed by atoms with van der Waals surface area (Å²) in [5, 5.41) is 21.2. The highest BCUT2D eigenvalue weighted by Gasteiger charge is 2.09. The van der Waals surface area contributed by atoms with E-state index in [-0.39, 0.29) is 12.1 Å². The minimum absolute atomic E-state index is 0.0601. The maximum absolute atomic E-state index is 9.16. The van der Waals surface area contributed by atoms with E-state index in [0.29, 0.717) is 12.8 Å². The number of benzene rings is 1. The van der Waals surface area contributed by atoms with Crippen LogP contribution in [0.25, 0.3) is 0 Å². The van der Waals surface area contributed by atoms with Crippen molar-refractivity contribution in [2.45, 2.75) is 31.9 Å². The molecule has 0 spiro atoms. The van der Waals surface area contributed by atoms with Crippen molar-refractivity contribution < 1.29 is 5.11 Å². The van der Waals surface area contributed by atoms with Crippen LogP contribution >= 0.6 is 0 Å². The molecule has 1 rings (SSSR count). The molecule has 0 aromatic heterocycles. The first-order valence-electron chi connectivity index (χ1n) is 5.57. The van der Waals surface area contributed by atoms with Crippen LogP contribution in [0.2, 0.25) is 0 Å². The Kier molecular flexibility index (Phi) is 5.55. The van der Waals surface area contributed by atoms with Gasteiger partial charge in [-0.2, -0.15) is 5.26 Å². The quantitative estimate of drug-likeness (QED) is 0.768. The maximum Gasteiger partial charge on any atom is 0.0641 e. The molecule has 1 aromatic carbocycles. The Balaban J connectivity index is 2.52. The van der Waals surface area contributed by atoms with Gasteiger partial charge in [0.15, 0.2) is 0 Å². The molecule has 0 bridgehead atoms. The first-order valence-corrected chi connectivity index (χ1v) is 5.57. The second-order valence-corrected chi connectivity index (χ2v) is 3.92. The summed E-state index contributed by atoms with van der Waals surface area (Å²) in [7, 11) is 0. The van der Waals surface area contributed by atoms with Gasteiger partial charge in [0.25, 0.3) is 0 Å². The molecule has 0 aliphatic heterocycles. The Morgan fingerprint density at radius 3 is 2.62 bits per heavy atom. The molecule has 0 saturated heterocycles. The molecule has 0 radical (unpaired) electrons. The normalized spacial score (nSPS) is 14.1. The van der Waals surface area contributed by atoms with Gasteiger partial charge in [0.2, 0.25) is 0 Å². The Labute approximate surface area is 96.7 Å². The summed E-state index contributed by atoms with van der Waals surface area (Å²) in [6.07, 6.45) is 0.851. The van der Waals surface area contributed by atoms with Gasteiger partial charge in [0.1, 0.15) is 0 Å². The molecule has 2 atom stereocenters. The van der Waals surface area contributed by atoms with E-state index >= 15 is 0 Å². The summed E-state index contributed by atoms with van der Waals surface area (Å²) < 4.78 is 0. The summed E-state index contributed by atoms with van der Waals surface area (Å²) in [5.41, 5.74) is 1.12. The molecule has 2 unspecified atom stereocenters. The van der Waals surface area contributed by atoms with Gasteiger partial charge < -0.3 is 10.4 Å². The first-order chi connectivity index (χ1) is 7.74. The molecule has 0 saturated carbocycles. The summed E-state index contributed by atoms with van der Waals surface area (Å²) >= 11 is 0. The van der Waals surface area contributed by atoms with Gasteiger partial charge in [-0.3, -0.25) is 0 Å². The number of aliphatic hydroxyl groups excluding tert-OH is 1. The molecule has 16 heavy (non-hydrogen) atoms. The van der Waals surface area contributed by atoms with Crippen molar-refractivity contribution in [3.8, 4) is 6.07 Å². The zero-order chi connectivity index (χ0) is 11.8. The van der Waals surface area contributed by atoms with Crippen LogP contribution in [0.15, 0.2) is 30.3 Å². The molecule has 3 nitrogen and oxygen atoms in total. The molecule has 3 heteroatoms. The number of nitriles is 1. The van der Waals surface area contributed by atoms with Gasteiger partial charge in [0.05, 0.1) is 18.6 Å². The lowest BCUT2D eigenvalue weighted by atomic mass is 10.0. The summed E-state index contributed by atoms with van der Waals surface area (Å²) in [6.45, 7) is 2.49. The molecule has 0 heterocycles. The van der Waals surface area contributed by atoms with E-state index in [1.54, 1.807) is 6.92 Å². The average Bonchev–Trinajstić information content (AvgIpc) is 2.29. The van der Waals surface area contributed by atoms with E-state index in [1.165, 1.54) is 0 Å². The highest BCUT2D eigenvalue weighted by Crippen LogP contribution is 2.15. The summed E-state index contributed by atoms with van der Waals surface area (Å²) in [4.78, 5) is 0. The fourth-order valence-corrected chi connectivity index (χ4v) is 1.55. The Morgan fingerprint density at radius 2 is 2.06 bits per heavy atom. The lowest BCUT2D eigenvalue weighted by Gasteiger charge is -2.16. The van der Waals surface area contributed by atoms with Gasteiger partial charge in [-0.15, -0.1) is 0 Å². The third-order valence-electron chi connectivity index (χ3n) is 2.45. The lowest BCUT2D eigenvalue weighted by Crippen LogP contribution is -2.24. The van der Waals surface area contributed by atoms with Crippen molar-refractivity contribution in [1.29, 1.82) is 5.26 Å². The second kappa shape index (κ2) is 7.00. The van der Waals surface area contributed by atoms with E-state index in [0.717, 1.165) is 12.1 Å². The van der Waals surface area contributed by atoms with Crippen molar-refractivity contribution in [1.82, 2.24) is 5.32 Å². The van der Waals surface area contributed by atoms with Gasteiger partial charge in [0, 0.05) is 6.04 Å². The summed E-state index contributed by atoms with van der Waals surface area (Å²) in [5.74, 6) is 0. The Bertz CT molecular complexity index is 330. The van der Waals surface area contributed by atoms with Gasteiger partial charge in [-0.05, 0) is 25.5 Å². The molecule has 2 N–H and O–H groups in total. The largest absolute Gasteiger partial charge is 0.393 e. The smallest absolute Gasteiger partial charge is 0.0641 e. The molecule has 86 valence electrons. The van der Waals surface area contributed by atoms with Crippen LogP contribution in [0.5, 0.6) is 0 Å². The third-order valence-corrected chi connectivity index (χ3v) is 2.45. The molecule has 0 amide bonds. The number of hydrogen-bond acceptors (Lipinski definition) is 3. The van der Waals surface area contributed by atoms with Crippen molar-refractivity contribution in [3.63, 3.8) is 0 Å². The SMILES string of the molecule is CC(O)CCNC(CC#N)c1ccccc1. The maximum atomic E-state index is 9.16. The lowest BCUT2D eigenvalue weighted by molar-refractivity contribution is 0.182. The van der Waals surface area contributed by atoms with E-state index in [9.17, 15) is 0 Å². The Hall–Kier alpha value is -1.37. The molecule has 0 aliphatic rings. The molecular formula is C13H18N2O. The molecule has 0 fully saturated rings. The van der Waals surface area contributed by atoms with E-state index in [4.69, 9.17) is 10.4 Å². The van der Waals surface area contributed by atoms with Crippen molar-refractivity contribution in [2.75, 3.05) is 6.54 Å². The average molecular weight is 218 g/mol. The monoisotopic (exact) mass is 218 g/mol. The molecule has 1 aromatic rings. The summed E-state index contributed by atoms with van der Waals surface area (Å²) in [6, 6.07) is 12.2. The van der Waals surface area contributed by atoms with E-state index < -0.39 is 0 Å². The number of rotatable bonds is 6. The zero-order valence-electron chi connectivity index (χ0n) is 9.56. The highest BCUT2D eigenvalue weighted by atomic mass is 16.3. The minimum atomic E-state index is -0.300. The van der Waals surface area contributed by atoms with Gasteiger partial charge >= 0.3 is 0 Å². The van der Waals surface area contributed by atoms with Crippen LogP contribution in [-0.4, -0.2) is 17.8 Å². The molecular weight excluding hydrogens is 200 g/mol. The van der Waals surface area contributed by atoms with Crippen LogP contribution in [0, 0.1) is 11.3 Å². The van der Waals surface area contributed by atoms with Crippen molar-refractivity contribution in [2.24, 2.45) is 0 Å².